The van der Waals surface area contributed by atoms with Gasteiger partial charge in [0.1, 0.15) is 0 Å². The average Bonchev–Trinajstić information content (AvgIpc) is 2.39. The Hall–Kier alpha value is -1.68. The Labute approximate surface area is 101 Å². The minimum Gasteiger partial charge on any atom is -0.466 e. The van der Waals surface area contributed by atoms with E-state index in [1.165, 1.54) is 7.11 Å². The molecule has 1 aromatic heterocycles. The molecule has 0 fully saturated rings. The number of esters is 1. The number of carbonyl (C=O) groups excluding carboxylic acids is 1. The lowest BCUT2D eigenvalue weighted by Gasteiger charge is -2.03. The van der Waals surface area contributed by atoms with Crippen LogP contribution in [-0.4, -0.2) is 24.7 Å². The number of pyridine rings is 1. The van der Waals surface area contributed by atoms with Gasteiger partial charge in [-0.3, -0.25) is 4.98 Å². The summed E-state index contributed by atoms with van der Waals surface area (Å²) in [6, 6.07) is 5.66. The number of ether oxygens (including phenoxy) is 2. The largest absolute Gasteiger partial charge is 0.466 e. The summed E-state index contributed by atoms with van der Waals surface area (Å²) < 4.78 is 10.0. The lowest BCUT2D eigenvalue weighted by atomic mass is 10.2. The molecule has 0 bridgehead atoms. The third-order valence-corrected chi connectivity index (χ3v) is 2.25. The minimum absolute atomic E-state index is 0.297. The molecule has 0 spiro atoms. The molecule has 0 atom stereocenters. The first kappa shape index (κ1) is 13.4. The Kier molecular flexibility index (Phi) is 5.96. The molecule has 17 heavy (non-hydrogen) atoms. The van der Waals surface area contributed by atoms with Crippen molar-refractivity contribution in [2.75, 3.05) is 13.7 Å². The Bertz CT molecular complexity index is 374. The minimum atomic E-state index is -0.297. The fourth-order valence-electron chi connectivity index (χ4n) is 1.31. The fourth-order valence-corrected chi connectivity index (χ4v) is 1.31. The van der Waals surface area contributed by atoms with E-state index in [0.717, 1.165) is 5.69 Å². The second kappa shape index (κ2) is 7.57. The van der Waals surface area contributed by atoms with Crippen LogP contribution in [-0.2, 0) is 20.9 Å². The molecule has 0 aliphatic heterocycles. The van der Waals surface area contributed by atoms with Crippen LogP contribution in [0.2, 0.25) is 0 Å². The maximum Gasteiger partial charge on any atom is 0.333 e. The van der Waals surface area contributed by atoms with E-state index < -0.39 is 0 Å². The van der Waals surface area contributed by atoms with Gasteiger partial charge in [0.15, 0.2) is 0 Å². The van der Waals surface area contributed by atoms with Gasteiger partial charge in [0.05, 0.1) is 26.0 Å². The summed E-state index contributed by atoms with van der Waals surface area (Å²) in [6.45, 7) is 2.73. The van der Waals surface area contributed by atoms with Gasteiger partial charge in [0.25, 0.3) is 0 Å². The third kappa shape index (κ3) is 4.78. The maximum absolute atomic E-state index is 11.2. The summed E-state index contributed by atoms with van der Waals surface area (Å²) in [7, 11) is 1.38. The molecule has 0 amide bonds. The molecule has 0 saturated carbocycles. The molecule has 4 heteroatoms. The molecular weight excluding hydrogens is 218 g/mol. The van der Waals surface area contributed by atoms with Gasteiger partial charge in [0.2, 0.25) is 0 Å². The highest BCUT2D eigenvalue weighted by molar-refractivity contribution is 5.88. The number of carbonyl (C=O) groups is 1. The van der Waals surface area contributed by atoms with E-state index in [-0.39, 0.29) is 5.97 Å². The lowest BCUT2D eigenvalue weighted by molar-refractivity contribution is -0.136. The monoisotopic (exact) mass is 235 g/mol. The van der Waals surface area contributed by atoms with Crippen molar-refractivity contribution >= 4 is 5.97 Å². The molecule has 0 aromatic carbocycles. The van der Waals surface area contributed by atoms with Gasteiger partial charge in [-0.1, -0.05) is 13.0 Å². The molecule has 0 N–H and O–H groups in total. The van der Waals surface area contributed by atoms with Crippen LogP contribution in [0, 0.1) is 0 Å². The summed E-state index contributed by atoms with van der Waals surface area (Å²) in [5.74, 6) is -0.297. The van der Waals surface area contributed by atoms with E-state index in [1.54, 1.807) is 12.3 Å². The van der Waals surface area contributed by atoms with E-state index in [0.29, 0.717) is 25.2 Å². The first-order valence-corrected chi connectivity index (χ1v) is 5.53. The van der Waals surface area contributed by atoms with Gasteiger partial charge in [-0.25, -0.2) is 4.79 Å². The van der Waals surface area contributed by atoms with Gasteiger partial charge in [-0.15, -0.1) is 0 Å². The topological polar surface area (TPSA) is 48.4 Å². The van der Waals surface area contributed by atoms with Crippen LogP contribution >= 0.6 is 0 Å². The highest BCUT2D eigenvalue weighted by Gasteiger charge is 2.05. The van der Waals surface area contributed by atoms with Gasteiger partial charge < -0.3 is 9.47 Å². The zero-order valence-corrected chi connectivity index (χ0v) is 10.2. The number of rotatable bonds is 6. The average molecular weight is 235 g/mol. The fraction of sp³-hybridized carbons (Fsp3) is 0.385. The summed E-state index contributed by atoms with van der Waals surface area (Å²) in [6.07, 6.45) is 4.11. The molecule has 4 nitrogen and oxygen atoms in total. The Balaban J connectivity index is 2.36. The number of aromatic nitrogens is 1. The number of hydrogen-bond acceptors (Lipinski definition) is 4. The third-order valence-electron chi connectivity index (χ3n) is 2.25. The van der Waals surface area contributed by atoms with Crippen LogP contribution in [0.1, 0.15) is 19.0 Å². The van der Waals surface area contributed by atoms with Crippen LogP contribution in [0.5, 0.6) is 0 Å². The molecule has 1 rings (SSSR count). The number of methoxy groups -OCH3 is 1. The Morgan fingerprint density at radius 1 is 1.47 bits per heavy atom. The van der Waals surface area contributed by atoms with Gasteiger partial charge in [-0.2, -0.15) is 0 Å². The Morgan fingerprint density at radius 2 is 2.29 bits per heavy atom. The van der Waals surface area contributed by atoms with Crippen LogP contribution in [0.4, 0.5) is 0 Å². The van der Waals surface area contributed by atoms with Crippen LogP contribution in [0.15, 0.2) is 36.0 Å². The predicted molar refractivity (Wildman–Crippen MR) is 64.3 cm³/mol. The molecular formula is C13H17NO3. The van der Waals surface area contributed by atoms with Crippen molar-refractivity contribution in [3.63, 3.8) is 0 Å². The second-order valence-electron chi connectivity index (χ2n) is 3.41. The normalized spacial score (nSPS) is 11.3. The second-order valence-corrected chi connectivity index (χ2v) is 3.41. The van der Waals surface area contributed by atoms with Crippen molar-refractivity contribution in [2.24, 2.45) is 0 Å². The van der Waals surface area contributed by atoms with Gasteiger partial charge >= 0.3 is 5.97 Å². The van der Waals surface area contributed by atoms with Crippen molar-refractivity contribution in [3.05, 3.63) is 41.7 Å². The van der Waals surface area contributed by atoms with E-state index in [1.807, 2.05) is 25.1 Å². The van der Waals surface area contributed by atoms with Crippen LogP contribution in [0.3, 0.4) is 0 Å². The van der Waals surface area contributed by atoms with Crippen molar-refractivity contribution in [3.8, 4) is 0 Å². The van der Waals surface area contributed by atoms with Crippen molar-refractivity contribution < 1.29 is 14.3 Å². The van der Waals surface area contributed by atoms with E-state index in [4.69, 9.17) is 4.74 Å². The summed E-state index contributed by atoms with van der Waals surface area (Å²) in [5.41, 5.74) is 1.51. The molecule has 1 heterocycles. The molecule has 0 unspecified atom stereocenters. The molecule has 0 radical (unpaired) electrons. The zero-order chi connectivity index (χ0) is 12.5. The lowest BCUT2D eigenvalue weighted by Crippen LogP contribution is -2.05. The van der Waals surface area contributed by atoms with Gasteiger partial charge in [0, 0.05) is 11.8 Å². The van der Waals surface area contributed by atoms with Crippen LogP contribution < -0.4 is 0 Å². The van der Waals surface area contributed by atoms with Crippen molar-refractivity contribution in [1.29, 1.82) is 0 Å². The molecule has 0 saturated heterocycles. The number of hydrogen-bond donors (Lipinski definition) is 0. The van der Waals surface area contributed by atoms with Crippen molar-refractivity contribution in [1.82, 2.24) is 4.98 Å². The van der Waals surface area contributed by atoms with E-state index in [2.05, 4.69) is 9.72 Å². The zero-order valence-electron chi connectivity index (χ0n) is 10.2. The van der Waals surface area contributed by atoms with E-state index in [9.17, 15) is 4.79 Å². The first-order valence-electron chi connectivity index (χ1n) is 5.53. The molecule has 0 aliphatic rings. The standard InChI is InChI=1S/C13H17NO3/c1-3-11(13(15)16-2)7-9-17-10-12-6-4-5-8-14-12/h4-8H,3,9-10H2,1-2H3/b11-7-. The predicted octanol–water partition coefficient (Wildman–Crippen LogP) is 2.11. The summed E-state index contributed by atoms with van der Waals surface area (Å²) >= 11 is 0. The number of nitrogens with zero attached hydrogens (tertiary/aromatic N) is 1. The summed E-state index contributed by atoms with van der Waals surface area (Å²) in [4.78, 5) is 15.4. The molecule has 0 aliphatic carbocycles. The molecule has 92 valence electrons. The quantitative estimate of drug-likeness (QED) is 0.430. The van der Waals surface area contributed by atoms with Gasteiger partial charge in [-0.05, 0) is 24.6 Å². The smallest absolute Gasteiger partial charge is 0.333 e. The maximum atomic E-state index is 11.2. The summed E-state index contributed by atoms with van der Waals surface area (Å²) in [5, 5.41) is 0. The molecule has 1 aromatic rings. The first-order chi connectivity index (χ1) is 8.27. The van der Waals surface area contributed by atoms with E-state index >= 15 is 0 Å². The van der Waals surface area contributed by atoms with Crippen molar-refractivity contribution in [2.45, 2.75) is 20.0 Å². The Morgan fingerprint density at radius 3 is 2.88 bits per heavy atom. The van der Waals surface area contributed by atoms with Crippen LogP contribution in [0.25, 0.3) is 0 Å². The highest BCUT2D eigenvalue weighted by atomic mass is 16.5. The SMILES string of the molecule is CC/C(=C/COCc1ccccn1)C(=O)OC. The highest BCUT2D eigenvalue weighted by Crippen LogP contribution is 2.03.